The largest absolute Gasteiger partial charge is 0.423 e. The van der Waals surface area contributed by atoms with Crippen molar-refractivity contribution in [2.75, 3.05) is 16.8 Å². The molecular weight excluding hydrogens is 591 g/mol. The topological polar surface area (TPSA) is 89.8 Å². The number of hydrogen-bond acceptors (Lipinski definition) is 3. The van der Waals surface area contributed by atoms with Crippen molar-refractivity contribution in [3.05, 3.63) is 85.8 Å². The highest BCUT2D eigenvalue weighted by Crippen LogP contribution is 2.49. The van der Waals surface area contributed by atoms with Gasteiger partial charge in [0.2, 0.25) is 5.60 Å². The summed E-state index contributed by atoms with van der Waals surface area (Å²) >= 11 is 9.41. The lowest BCUT2D eigenvalue weighted by Gasteiger charge is -2.27. The van der Waals surface area contributed by atoms with Gasteiger partial charge in [-0.2, -0.15) is 13.2 Å². The zero-order valence-electron chi connectivity index (χ0n) is 18.1. The predicted molar refractivity (Wildman–Crippen MR) is 129 cm³/mol. The van der Waals surface area contributed by atoms with Crippen molar-refractivity contribution < 1.29 is 31.9 Å². The highest BCUT2D eigenvalue weighted by molar-refractivity contribution is 9.10. The number of rotatable bonds is 2. The molecule has 0 aliphatic carbocycles. The first-order chi connectivity index (χ1) is 17.3. The van der Waals surface area contributed by atoms with Gasteiger partial charge >= 0.3 is 17.9 Å². The van der Waals surface area contributed by atoms with E-state index in [1.165, 1.54) is 18.3 Å². The summed E-state index contributed by atoms with van der Waals surface area (Å²) in [6, 6.07) is 6.02. The standard InChI is InChI=1S/C23H13BrClF5N4O3/c24-10-5-16(19-18(32-21(36)33(19)8-10)13-6-11(26)1-3-15(13)25)31-20(35)34-9-22(37,23(28,29)30)14-7-12(27)2-4-17(14)34/h1-8,37H,9H2,(H,31,35)(H,32,36). The zero-order chi connectivity index (χ0) is 26.9. The number of pyridine rings is 1. The summed E-state index contributed by atoms with van der Waals surface area (Å²) < 4.78 is 70.5. The fourth-order valence-electron chi connectivity index (χ4n) is 4.26. The number of hydrogen-bond donors (Lipinski definition) is 3. The molecule has 192 valence electrons. The molecule has 7 nitrogen and oxygen atoms in total. The molecule has 37 heavy (non-hydrogen) atoms. The smallest absolute Gasteiger partial charge is 0.375 e. The Morgan fingerprint density at radius 3 is 2.51 bits per heavy atom. The fourth-order valence-corrected chi connectivity index (χ4v) is 4.91. The number of β-amino-alcohol motifs (C(OH)–C–C–N with tert-alkyl or cyclic N) is 1. The van der Waals surface area contributed by atoms with Gasteiger partial charge in [0, 0.05) is 21.8 Å². The lowest BCUT2D eigenvalue weighted by Crippen LogP contribution is -2.48. The molecule has 0 spiro atoms. The summed E-state index contributed by atoms with van der Waals surface area (Å²) in [5.41, 5.74) is -5.25. The number of benzene rings is 2. The van der Waals surface area contributed by atoms with E-state index in [1.54, 1.807) is 0 Å². The van der Waals surface area contributed by atoms with Crippen LogP contribution < -0.4 is 15.9 Å². The van der Waals surface area contributed by atoms with Crippen LogP contribution in [0.15, 0.2) is 57.9 Å². The molecular formula is C23H13BrClF5N4O3. The van der Waals surface area contributed by atoms with Crippen molar-refractivity contribution in [1.29, 1.82) is 0 Å². The molecule has 0 fully saturated rings. The van der Waals surface area contributed by atoms with Gasteiger partial charge in [0.1, 0.15) is 11.6 Å². The third-order valence-electron chi connectivity index (χ3n) is 5.95. The SMILES string of the molecule is O=C(Nc1cc(Br)cn2c(=O)[nH]c(-c3cc(F)ccc3Cl)c12)N1CC(O)(C(F)(F)F)c2cc(F)ccc21. The first kappa shape index (κ1) is 25.2. The molecule has 2 amide bonds. The number of H-pyrrole nitrogens is 1. The van der Waals surface area contributed by atoms with E-state index in [2.05, 4.69) is 26.2 Å². The Kier molecular flexibility index (Phi) is 5.84. The van der Waals surface area contributed by atoms with Crippen molar-refractivity contribution in [3.8, 4) is 11.3 Å². The van der Waals surface area contributed by atoms with Crippen LogP contribution in [-0.4, -0.2) is 33.2 Å². The second-order valence-electron chi connectivity index (χ2n) is 8.26. The van der Waals surface area contributed by atoms with Gasteiger partial charge in [-0.1, -0.05) is 11.6 Å². The van der Waals surface area contributed by atoms with Gasteiger partial charge in [-0.3, -0.25) is 9.30 Å². The number of halogens is 7. The number of alkyl halides is 3. The number of amides is 2. The number of aliphatic hydroxyl groups is 1. The van der Waals surface area contributed by atoms with Crippen molar-refractivity contribution in [2.24, 2.45) is 0 Å². The van der Waals surface area contributed by atoms with Crippen molar-refractivity contribution in [1.82, 2.24) is 9.38 Å². The Morgan fingerprint density at radius 1 is 1.14 bits per heavy atom. The third kappa shape index (κ3) is 4.06. The van der Waals surface area contributed by atoms with Crippen LogP contribution in [0.1, 0.15) is 5.56 Å². The summed E-state index contributed by atoms with van der Waals surface area (Å²) in [5, 5.41) is 13.0. The van der Waals surface area contributed by atoms with Crippen LogP contribution in [0.25, 0.3) is 16.8 Å². The molecule has 4 aromatic rings. The first-order valence-corrected chi connectivity index (χ1v) is 11.5. The van der Waals surface area contributed by atoms with Gasteiger partial charge in [0.25, 0.3) is 0 Å². The van der Waals surface area contributed by atoms with E-state index >= 15 is 0 Å². The molecule has 14 heteroatoms. The highest BCUT2D eigenvalue weighted by atomic mass is 79.9. The van der Waals surface area contributed by atoms with Gasteiger partial charge < -0.3 is 15.4 Å². The lowest BCUT2D eigenvalue weighted by molar-refractivity contribution is -0.258. The first-order valence-electron chi connectivity index (χ1n) is 10.4. The number of aromatic amines is 1. The molecule has 1 atom stereocenters. The number of nitrogens with one attached hydrogen (secondary N) is 2. The minimum Gasteiger partial charge on any atom is -0.375 e. The zero-order valence-corrected chi connectivity index (χ0v) is 20.5. The van der Waals surface area contributed by atoms with Gasteiger partial charge in [-0.05, 0) is 58.4 Å². The number of fused-ring (bicyclic) bond motifs is 2. The number of aromatic nitrogens is 2. The van der Waals surface area contributed by atoms with E-state index < -0.39 is 47.2 Å². The molecule has 1 aliphatic heterocycles. The maximum absolute atomic E-state index is 14.0. The number of urea groups is 1. The van der Waals surface area contributed by atoms with E-state index in [0.717, 1.165) is 28.7 Å². The Hall–Kier alpha value is -3.42. The average Bonchev–Trinajstić information content (AvgIpc) is 3.30. The third-order valence-corrected chi connectivity index (χ3v) is 6.72. The van der Waals surface area contributed by atoms with E-state index in [1.807, 2.05) is 0 Å². The van der Waals surface area contributed by atoms with Crippen molar-refractivity contribution in [2.45, 2.75) is 11.8 Å². The van der Waals surface area contributed by atoms with Crippen molar-refractivity contribution >= 4 is 50.5 Å². The molecule has 2 aromatic carbocycles. The predicted octanol–water partition coefficient (Wildman–Crippen LogP) is 5.79. The minimum atomic E-state index is -5.22. The summed E-state index contributed by atoms with van der Waals surface area (Å²) in [5.74, 6) is -1.68. The summed E-state index contributed by atoms with van der Waals surface area (Å²) in [6.07, 6.45) is -3.86. The summed E-state index contributed by atoms with van der Waals surface area (Å²) in [7, 11) is 0. The number of anilines is 2. The fraction of sp³-hybridized carbons (Fsp3) is 0.130. The second-order valence-corrected chi connectivity index (χ2v) is 9.58. The maximum Gasteiger partial charge on any atom is 0.423 e. The van der Waals surface area contributed by atoms with Crippen LogP contribution in [0.4, 0.5) is 38.1 Å². The Balaban J connectivity index is 1.63. The summed E-state index contributed by atoms with van der Waals surface area (Å²) in [6.45, 7) is -1.24. The highest BCUT2D eigenvalue weighted by Gasteiger charge is 2.61. The van der Waals surface area contributed by atoms with Crippen LogP contribution >= 0.6 is 27.5 Å². The molecule has 5 rings (SSSR count). The molecule has 0 saturated carbocycles. The second kappa shape index (κ2) is 8.57. The van der Waals surface area contributed by atoms with Crippen LogP contribution in [0.2, 0.25) is 5.02 Å². The average molecular weight is 604 g/mol. The summed E-state index contributed by atoms with van der Waals surface area (Å²) in [4.78, 5) is 29.0. The van der Waals surface area contributed by atoms with Crippen molar-refractivity contribution in [3.63, 3.8) is 0 Å². The molecule has 2 aromatic heterocycles. The lowest BCUT2D eigenvalue weighted by atomic mass is 9.95. The molecule has 0 radical (unpaired) electrons. The molecule has 3 N–H and O–H groups in total. The molecule has 0 saturated heterocycles. The number of imidazole rings is 1. The number of carbonyl (C=O) groups is 1. The van der Waals surface area contributed by atoms with Gasteiger partial charge in [0.05, 0.1) is 34.2 Å². The van der Waals surface area contributed by atoms with E-state index in [0.29, 0.717) is 15.4 Å². The Morgan fingerprint density at radius 2 is 1.81 bits per heavy atom. The Labute approximate surface area is 217 Å². The van der Waals surface area contributed by atoms with E-state index in [9.17, 15) is 36.6 Å². The van der Waals surface area contributed by atoms with Crippen LogP contribution in [-0.2, 0) is 5.60 Å². The van der Waals surface area contributed by atoms with Crippen LogP contribution in [0.3, 0.4) is 0 Å². The normalized spacial score (nSPS) is 17.4. The number of carbonyl (C=O) groups excluding carboxylic acids is 1. The quantitative estimate of drug-likeness (QED) is 0.254. The molecule has 1 unspecified atom stereocenters. The van der Waals surface area contributed by atoms with E-state index in [-0.39, 0.29) is 33.2 Å². The molecule has 3 heterocycles. The van der Waals surface area contributed by atoms with Gasteiger partial charge in [-0.25, -0.2) is 18.4 Å². The van der Waals surface area contributed by atoms with Crippen LogP contribution in [0.5, 0.6) is 0 Å². The van der Waals surface area contributed by atoms with Crippen LogP contribution in [0, 0.1) is 11.6 Å². The molecule has 1 aliphatic rings. The maximum atomic E-state index is 14.0. The number of nitrogens with zero attached hydrogens (tertiary/aromatic N) is 2. The van der Waals surface area contributed by atoms with Gasteiger partial charge in [-0.15, -0.1) is 0 Å². The monoisotopic (exact) mass is 602 g/mol. The minimum absolute atomic E-state index is 0.0352. The van der Waals surface area contributed by atoms with Gasteiger partial charge in [0.15, 0.2) is 0 Å². The molecule has 0 bridgehead atoms. The van der Waals surface area contributed by atoms with E-state index in [4.69, 9.17) is 11.6 Å². The Bertz CT molecular complexity index is 1650.